The molecular weight excluding hydrogens is 286 g/mol. The maximum atomic E-state index is 4.82. The lowest BCUT2D eigenvalue weighted by molar-refractivity contribution is 0.249. The Bertz CT molecular complexity index is 351. The predicted octanol–water partition coefficient (Wildman–Crippen LogP) is 1.90. The molecule has 0 aromatic carbocycles. The van der Waals surface area contributed by atoms with Gasteiger partial charge in [0.15, 0.2) is 5.96 Å². The topological polar surface area (TPSA) is 42.9 Å². The standard InChI is InChI=1S/C18H37N5/c1-4-19-18(21-15-17-11-8-13-23(17)5-2)20-12-14-22(3)16-9-6-7-10-16/h16-17H,4-15H2,1-3H3,(H2,19,20,21). The summed E-state index contributed by atoms with van der Waals surface area (Å²) in [7, 11) is 2.26. The van der Waals surface area contributed by atoms with Crippen molar-refractivity contribution in [1.29, 1.82) is 0 Å². The highest BCUT2D eigenvalue weighted by molar-refractivity contribution is 5.79. The molecule has 0 aromatic rings. The van der Waals surface area contributed by atoms with Crippen LogP contribution in [0.3, 0.4) is 0 Å². The molecule has 2 fully saturated rings. The third kappa shape index (κ3) is 5.96. The van der Waals surface area contributed by atoms with E-state index >= 15 is 0 Å². The largest absolute Gasteiger partial charge is 0.357 e. The smallest absolute Gasteiger partial charge is 0.191 e. The third-order valence-corrected chi connectivity index (χ3v) is 5.41. The molecule has 0 radical (unpaired) electrons. The van der Waals surface area contributed by atoms with Gasteiger partial charge in [0, 0.05) is 31.7 Å². The minimum absolute atomic E-state index is 0.636. The van der Waals surface area contributed by atoms with Gasteiger partial charge in [-0.25, -0.2) is 0 Å². The Morgan fingerprint density at radius 3 is 2.61 bits per heavy atom. The van der Waals surface area contributed by atoms with Gasteiger partial charge >= 0.3 is 0 Å². The molecule has 1 atom stereocenters. The molecule has 1 aliphatic heterocycles. The van der Waals surface area contributed by atoms with Crippen LogP contribution in [0.15, 0.2) is 4.99 Å². The van der Waals surface area contributed by atoms with Crippen LogP contribution in [0.1, 0.15) is 52.4 Å². The van der Waals surface area contributed by atoms with E-state index in [1.54, 1.807) is 0 Å². The molecule has 1 heterocycles. The second-order valence-corrected chi connectivity index (χ2v) is 6.99. The first-order valence-corrected chi connectivity index (χ1v) is 9.71. The summed E-state index contributed by atoms with van der Waals surface area (Å²) in [5.41, 5.74) is 0. The molecular formula is C18H37N5. The van der Waals surface area contributed by atoms with Gasteiger partial charge in [0.25, 0.3) is 0 Å². The Labute approximate surface area is 142 Å². The van der Waals surface area contributed by atoms with Gasteiger partial charge in [-0.15, -0.1) is 0 Å². The van der Waals surface area contributed by atoms with Gasteiger partial charge in [0.1, 0.15) is 0 Å². The molecule has 2 aliphatic rings. The fourth-order valence-electron chi connectivity index (χ4n) is 3.93. The maximum Gasteiger partial charge on any atom is 0.191 e. The van der Waals surface area contributed by atoms with Crippen molar-refractivity contribution in [3.05, 3.63) is 0 Å². The lowest BCUT2D eigenvalue weighted by Crippen LogP contribution is -2.43. The number of guanidine groups is 1. The summed E-state index contributed by atoms with van der Waals surface area (Å²) in [6.45, 7) is 10.7. The molecule has 1 unspecified atom stereocenters. The number of aliphatic imine (C=N–C) groups is 1. The SMILES string of the molecule is CCNC(=NCC1CCCN1CC)NCCN(C)C1CCCC1. The Kier molecular flexibility index (Phi) is 8.17. The molecule has 23 heavy (non-hydrogen) atoms. The Morgan fingerprint density at radius 1 is 1.13 bits per heavy atom. The summed E-state index contributed by atoms with van der Waals surface area (Å²) in [4.78, 5) is 9.89. The van der Waals surface area contributed by atoms with Crippen LogP contribution in [-0.4, -0.2) is 74.2 Å². The van der Waals surface area contributed by atoms with Crippen molar-refractivity contribution in [3.8, 4) is 0 Å². The Morgan fingerprint density at radius 2 is 1.91 bits per heavy atom. The number of nitrogens with one attached hydrogen (secondary N) is 2. The number of nitrogens with zero attached hydrogens (tertiary/aromatic N) is 3. The van der Waals surface area contributed by atoms with E-state index < -0.39 is 0 Å². The minimum Gasteiger partial charge on any atom is -0.357 e. The lowest BCUT2D eigenvalue weighted by Gasteiger charge is -2.25. The van der Waals surface area contributed by atoms with Gasteiger partial charge in [0.05, 0.1) is 6.54 Å². The van der Waals surface area contributed by atoms with Gasteiger partial charge in [0.2, 0.25) is 0 Å². The molecule has 0 spiro atoms. The van der Waals surface area contributed by atoms with Crippen molar-refractivity contribution in [2.45, 2.75) is 64.5 Å². The molecule has 0 aromatic heterocycles. The maximum absolute atomic E-state index is 4.82. The van der Waals surface area contributed by atoms with Crippen molar-refractivity contribution in [2.24, 2.45) is 4.99 Å². The first-order chi connectivity index (χ1) is 11.2. The zero-order valence-electron chi connectivity index (χ0n) is 15.5. The van der Waals surface area contributed by atoms with Gasteiger partial charge in [-0.3, -0.25) is 9.89 Å². The van der Waals surface area contributed by atoms with Crippen molar-refractivity contribution < 1.29 is 0 Å². The normalized spacial score (nSPS) is 23.8. The quantitative estimate of drug-likeness (QED) is 0.529. The molecule has 0 bridgehead atoms. The van der Waals surface area contributed by atoms with Crippen LogP contribution in [0, 0.1) is 0 Å². The highest BCUT2D eigenvalue weighted by Crippen LogP contribution is 2.21. The van der Waals surface area contributed by atoms with Gasteiger partial charge in [-0.1, -0.05) is 19.8 Å². The molecule has 0 amide bonds. The zero-order valence-corrected chi connectivity index (χ0v) is 15.5. The van der Waals surface area contributed by atoms with Crippen LogP contribution >= 0.6 is 0 Å². The highest BCUT2D eigenvalue weighted by atomic mass is 15.2. The van der Waals surface area contributed by atoms with Crippen LogP contribution in [0.2, 0.25) is 0 Å². The summed E-state index contributed by atoms with van der Waals surface area (Å²) in [5.74, 6) is 0.982. The molecule has 1 aliphatic carbocycles. The van der Waals surface area contributed by atoms with E-state index in [9.17, 15) is 0 Å². The molecule has 2 N–H and O–H groups in total. The first kappa shape index (κ1) is 18.5. The second-order valence-electron chi connectivity index (χ2n) is 6.99. The summed E-state index contributed by atoms with van der Waals surface area (Å²) in [5, 5.41) is 6.90. The number of likely N-dealkylation sites (N-methyl/N-ethyl adjacent to an activating group) is 2. The van der Waals surface area contributed by atoms with Crippen molar-refractivity contribution >= 4 is 5.96 Å². The van der Waals surface area contributed by atoms with Gasteiger partial charge in [-0.2, -0.15) is 0 Å². The monoisotopic (exact) mass is 323 g/mol. The fourth-order valence-corrected chi connectivity index (χ4v) is 3.93. The van der Waals surface area contributed by atoms with E-state index in [2.05, 4.69) is 41.3 Å². The van der Waals surface area contributed by atoms with Crippen LogP contribution in [0.25, 0.3) is 0 Å². The molecule has 5 heteroatoms. The van der Waals surface area contributed by atoms with E-state index in [4.69, 9.17) is 4.99 Å². The van der Waals surface area contributed by atoms with Gasteiger partial charge in [-0.05, 0) is 52.7 Å². The van der Waals surface area contributed by atoms with E-state index in [0.29, 0.717) is 6.04 Å². The number of hydrogen-bond donors (Lipinski definition) is 2. The van der Waals surface area contributed by atoms with Crippen molar-refractivity contribution in [3.63, 3.8) is 0 Å². The number of rotatable bonds is 8. The first-order valence-electron chi connectivity index (χ1n) is 9.71. The summed E-state index contributed by atoms with van der Waals surface area (Å²) >= 11 is 0. The lowest BCUT2D eigenvalue weighted by atomic mass is 10.2. The second kappa shape index (κ2) is 10.1. The fraction of sp³-hybridized carbons (Fsp3) is 0.944. The van der Waals surface area contributed by atoms with E-state index in [1.165, 1.54) is 45.1 Å². The zero-order chi connectivity index (χ0) is 16.5. The Balaban J connectivity index is 1.72. The summed E-state index contributed by atoms with van der Waals surface area (Å²) in [6.07, 6.45) is 8.17. The third-order valence-electron chi connectivity index (χ3n) is 5.41. The predicted molar refractivity (Wildman–Crippen MR) is 99.1 cm³/mol. The molecule has 1 saturated heterocycles. The van der Waals surface area contributed by atoms with Crippen molar-refractivity contribution in [1.82, 2.24) is 20.4 Å². The van der Waals surface area contributed by atoms with Gasteiger partial charge < -0.3 is 15.5 Å². The molecule has 5 nitrogen and oxygen atoms in total. The summed E-state index contributed by atoms with van der Waals surface area (Å²) in [6, 6.07) is 1.43. The number of hydrogen-bond acceptors (Lipinski definition) is 3. The molecule has 2 rings (SSSR count). The van der Waals surface area contributed by atoms with Crippen LogP contribution in [0.5, 0.6) is 0 Å². The van der Waals surface area contributed by atoms with E-state index in [-0.39, 0.29) is 0 Å². The number of likely N-dealkylation sites (tertiary alicyclic amines) is 1. The van der Waals surface area contributed by atoms with Crippen LogP contribution in [-0.2, 0) is 0 Å². The Hall–Kier alpha value is -0.810. The molecule has 1 saturated carbocycles. The minimum atomic E-state index is 0.636. The average molecular weight is 324 g/mol. The van der Waals surface area contributed by atoms with Crippen LogP contribution in [0.4, 0.5) is 0 Å². The van der Waals surface area contributed by atoms with E-state index in [1.807, 2.05) is 0 Å². The average Bonchev–Trinajstić information content (AvgIpc) is 3.23. The highest BCUT2D eigenvalue weighted by Gasteiger charge is 2.22. The van der Waals surface area contributed by atoms with Crippen LogP contribution < -0.4 is 10.6 Å². The van der Waals surface area contributed by atoms with Crippen molar-refractivity contribution in [2.75, 3.05) is 46.3 Å². The molecule has 134 valence electrons. The van der Waals surface area contributed by atoms with E-state index in [0.717, 1.165) is 44.7 Å². The summed E-state index contributed by atoms with van der Waals surface area (Å²) < 4.78 is 0.